The number of carbonyl (C=O) groups is 1. The van der Waals surface area contributed by atoms with Crippen molar-refractivity contribution in [2.45, 2.75) is 13.3 Å². The molecule has 0 aromatic heterocycles. The highest BCUT2D eigenvalue weighted by molar-refractivity contribution is 5.71. The Morgan fingerprint density at radius 3 is 2.31 bits per heavy atom. The van der Waals surface area contributed by atoms with Crippen LogP contribution >= 0.6 is 0 Å². The Labute approximate surface area is 72.7 Å². The van der Waals surface area contributed by atoms with Crippen LogP contribution in [0, 0.1) is 26.1 Å². The van der Waals surface area contributed by atoms with Crippen LogP contribution in [0.3, 0.4) is 0 Å². The van der Waals surface area contributed by atoms with Crippen LogP contribution in [0.15, 0.2) is 0 Å². The number of carbonyl (C=O) groups excluding carboxylic acids is 1. The fourth-order valence-electron chi connectivity index (χ4n) is 0.698. The highest BCUT2D eigenvalue weighted by atomic mass is 17.0. The van der Waals surface area contributed by atoms with E-state index in [1.807, 2.05) is 0 Å². The third-order valence-electron chi connectivity index (χ3n) is 1.36. The van der Waals surface area contributed by atoms with Gasteiger partial charge in [0.2, 0.25) is 6.54 Å². The fraction of sp³-hybridized carbons (Fsp3) is 0.800. The monoisotopic (exact) mass is 192 g/mol. The van der Waals surface area contributed by atoms with Crippen LogP contribution in [-0.4, -0.2) is 22.5 Å². The van der Waals surface area contributed by atoms with E-state index < -0.39 is 28.4 Å². The second kappa shape index (κ2) is 5.01. The van der Waals surface area contributed by atoms with E-state index in [1.165, 1.54) is 6.92 Å². The lowest BCUT2D eigenvalue weighted by molar-refractivity contribution is -0.730. The summed E-state index contributed by atoms with van der Waals surface area (Å²) in [5.41, 5.74) is 0. The van der Waals surface area contributed by atoms with Crippen molar-refractivity contribution in [3.63, 3.8) is 0 Å². The molecular formula is C5H8N2O6. The molecule has 0 radical (unpaired) electrons. The Morgan fingerprint density at radius 2 is 2.00 bits per heavy atom. The molecule has 0 N–H and O–H groups in total. The molecule has 13 heavy (non-hydrogen) atoms. The van der Waals surface area contributed by atoms with Gasteiger partial charge in [-0.3, -0.25) is 14.9 Å². The molecule has 0 rings (SSSR count). The molecule has 0 bridgehead atoms. The zero-order valence-electron chi connectivity index (χ0n) is 6.84. The number of rotatable bonds is 5. The summed E-state index contributed by atoms with van der Waals surface area (Å²) in [4.78, 5) is 33.3. The zero-order chi connectivity index (χ0) is 10.4. The quantitative estimate of drug-likeness (QED) is 0.448. The van der Waals surface area contributed by atoms with E-state index in [0.717, 1.165) is 0 Å². The summed E-state index contributed by atoms with van der Waals surface area (Å²) in [6, 6.07) is 0. The van der Waals surface area contributed by atoms with Crippen LogP contribution < -0.4 is 0 Å². The molecule has 0 spiro atoms. The summed E-state index contributed by atoms with van der Waals surface area (Å²) >= 11 is 0. The average Bonchev–Trinajstić information content (AvgIpc) is 1.98. The molecule has 0 saturated heterocycles. The van der Waals surface area contributed by atoms with E-state index in [0.29, 0.717) is 0 Å². The molecule has 0 aliphatic heterocycles. The predicted octanol–water partition coefficient (Wildman–Crippen LogP) is 0.0242. The van der Waals surface area contributed by atoms with E-state index in [4.69, 9.17) is 0 Å². The molecular weight excluding hydrogens is 184 g/mol. The SMILES string of the molecule is CCC(C[N+](=O)[O-])C(=O)O[N+](=O)[O-]. The normalized spacial score (nSPS) is 11.8. The van der Waals surface area contributed by atoms with E-state index in [2.05, 4.69) is 4.84 Å². The van der Waals surface area contributed by atoms with Gasteiger partial charge < -0.3 is 0 Å². The van der Waals surface area contributed by atoms with Crippen molar-refractivity contribution < 1.29 is 19.6 Å². The van der Waals surface area contributed by atoms with Gasteiger partial charge in [0.1, 0.15) is 5.92 Å². The smallest absolute Gasteiger partial charge is 0.268 e. The number of hydrogen-bond donors (Lipinski definition) is 0. The van der Waals surface area contributed by atoms with Gasteiger partial charge >= 0.3 is 11.1 Å². The fourth-order valence-corrected chi connectivity index (χ4v) is 0.698. The van der Waals surface area contributed by atoms with E-state index >= 15 is 0 Å². The van der Waals surface area contributed by atoms with Gasteiger partial charge in [0.05, 0.1) is 0 Å². The first kappa shape index (κ1) is 11.3. The van der Waals surface area contributed by atoms with Gasteiger partial charge in [0.25, 0.3) is 0 Å². The molecule has 1 unspecified atom stereocenters. The lowest BCUT2D eigenvalue weighted by atomic mass is 10.1. The van der Waals surface area contributed by atoms with Gasteiger partial charge in [0, 0.05) is 4.92 Å². The Morgan fingerprint density at radius 1 is 1.46 bits per heavy atom. The lowest BCUT2D eigenvalue weighted by Gasteiger charge is -2.05. The maximum absolute atomic E-state index is 10.8. The first-order valence-electron chi connectivity index (χ1n) is 3.45. The first-order valence-corrected chi connectivity index (χ1v) is 3.45. The molecule has 0 aromatic carbocycles. The summed E-state index contributed by atoms with van der Waals surface area (Å²) in [7, 11) is 0. The van der Waals surface area contributed by atoms with Crippen molar-refractivity contribution in [3.8, 4) is 0 Å². The van der Waals surface area contributed by atoms with Gasteiger partial charge in [-0.05, 0) is 6.42 Å². The molecule has 0 aliphatic carbocycles. The minimum Gasteiger partial charge on any atom is -0.268 e. The number of hydrogen-bond acceptors (Lipinski definition) is 6. The van der Waals surface area contributed by atoms with Crippen LogP contribution in [-0.2, 0) is 9.63 Å². The zero-order valence-corrected chi connectivity index (χ0v) is 6.84. The third kappa shape index (κ3) is 4.67. The Kier molecular flexibility index (Phi) is 4.34. The van der Waals surface area contributed by atoms with Crippen molar-refractivity contribution in [3.05, 3.63) is 20.2 Å². The Bertz CT molecular complexity index is 227. The van der Waals surface area contributed by atoms with Crippen molar-refractivity contribution in [1.82, 2.24) is 0 Å². The largest absolute Gasteiger partial charge is 0.313 e. The maximum atomic E-state index is 10.8. The summed E-state index contributed by atoms with van der Waals surface area (Å²) in [6.07, 6.45) is 0.133. The lowest BCUT2D eigenvalue weighted by Crippen LogP contribution is -2.26. The molecule has 74 valence electrons. The Hall–Kier alpha value is -1.73. The minimum atomic E-state index is -1.27. The van der Waals surface area contributed by atoms with E-state index in [9.17, 15) is 25.0 Å². The molecule has 8 nitrogen and oxygen atoms in total. The number of nitrogens with zero attached hydrogens (tertiary/aromatic N) is 2. The molecule has 0 saturated carbocycles. The molecule has 0 amide bonds. The second-order valence-corrected chi connectivity index (χ2v) is 2.25. The number of nitro groups is 1. The summed E-state index contributed by atoms with van der Waals surface area (Å²) in [5, 5.41) is 18.4. The molecule has 1 atom stereocenters. The molecule has 0 aromatic rings. The molecule has 0 aliphatic rings. The predicted molar refractivity (Wildman–Crippen MR) is 38.7 cm³/mol. The van der Waals surface area contributed by atoms with E-state index in [-0.39, 0.29) is 6.42 Å². The summed E-state index contributed by atoms with van der Waals surface area (Å²) in [5.74, 6) is -2.23. The van der Waals surface area contributed by atoms with Crippen LogP contribution in [0.4, 0.5) is 0 Å². The third-order valence-corrected chi connectivity index (χ3v) is 1.36. The standard InChI is InChI=1S/C5H8N2O6/c1-2-4(3-6(9)10)5(8)13-7(11)12/h4H,2-3H2,1H3. The Balaban J connectivity index is 4.15. The highest BCUT2D eigenvalue weighted by Crippen LogP contribution is 2.05. The summed E-state index contributed by atoms with van der Waals surface area (Å²) < 4.78 is 0. The van der Waals surface area contributed by atoms with Crippen LogP contribution in [0.25, 0.3) is 0 Å². The van der Waals surface area contributed by atoms with Gasteiger partial charge in [-0.1, -0.05) is 6.92 Å². The van der Waals surface area contributed by atoms with E-state index in [1.54, 1.807) is 0 Å². The van der Waals surface area contributed by atoms with Crippen molar-refractivity contribution in [2.24, 2.45) is 5.92 Å². The van der Waals surface area contributed by atoms with Crippen molar-refractivity contribution >= 4 is 5.97 Å². The van der Waals surface area contributed by atoms with Gasteiger partial charge in [0.15, 0.2) is 0 Å². The van der Waals surface area contributed by atoms with Crippen molar-refractivity contribution in [2.75, 3.05) is 6.54 Å². The molecule has 8 heteroatoms. The van der Waals surface area contributed by atoms with Crippen LogP contribution in [0.5, 0.6) is 0 Å². The second-order valence-electron chi connectivity index (χ2n) is 2.25. The van der Waals surface area contributed by atoms with Crippen molar-refractivity contribution in [1.29, 1.82) is 0 Å². The van der Waals surface area contributed by atoms with Crippen LogP contribution in [0.1, 0.15) is 13.3 Å². The highest BCUT2D eigenvalue weighted by Gasteiger charge is 2.25. The van der Waals surface area contributed by atoms with Gasteiger partial charge in [-0.2, -0.15) is 0 Å². The van der Waals surface area contributed by atoms with Gasteiger partial charge in [-0.25, -0.2) is 4.84 Å². The minimum absolute atomic E-state index is 0.133. The maximum Gasteiger partial charge on any atom is 0.313 e. The molecule has 0 fully saturated rings. The first-order chi connectivity index (χ1) is 5.97. The summed E-state index contributed by atoms with van der Waals surface area (Å²) in [6.45, 7) is 0.860. The van der Waals surface area contributed by atoms with Crippen LogP contribution in [0.2, 0.25) is 0 Å². The molecule has 0 heterocycles. The average molecular weight is 192 g/mol. The topological polar surface area (TPSA) is 113 Å². The van der Waals surface area contributed by atoms with Gasteiger partial charge in [-0.15, -0.1) is 10.1 Å².